The van der Waals surface area contributed by atoms with Gasteiger partial charge in [-0.2, -0.15) is 0 Å². The summed E-state index contributed by atoms with van der Waals surface area (Å²) in [7, 11) is 0. The standard InChI is InChI=1S/C39H44ClF3N8O2/c1-21(2)50-20-45-29-16-27(46-33(31(29)50)47-28-14-24(25(40)15-26(28)41)34(52)48-39(9-10-39)35(42)43)22-13-30-32(44-19-22)37(3,4)36(53)51(30)23-17-38(5,18-23)49-11-7-6-8-12-49/h13-16,19-21,23,35H,6-12,17-18H2,1-5H3,(H,46,47)(H,48,52). The number of carbonyl (C=O) groups excluding carboxylic acids is 2. The topological polar surface area (TPSA) is 108 Å². The number of halogens is 4. The van der Waals surface area contributed by atoms with Crippen LogP contribution in [-0.4, -0.2) is 72.9 Å². The Labute approximate surface area is 311 Å². The molecule has 2 saturated carbocycles. The van der Waals surface area contributed by atoms with Crippen molar-refractivity contribution in [3.8, 4) is 11.3 Å². The van der Waals surface area contributed by atoms with E-state index in [0.717, 1.165) is 43.4 Å². The van der Waals surface area contributed by atoms with Crippen LogP contribution in [0, 0.1) is 5.82 Å². The number of imidazole rings is 1. The molecule has 14 heteroatoms. The summed E-state index contributed by atoms with van der Waals surface area (Å²) in [6.07, 6.45) is 6.40. The van der Waals surface area contributed by atoms with Crippen LogP contribution >= 0.6 is 11.6 Å². The number of aromatic nitrogens is 4. The van der Waals surface area contributed by atoms with Gasteiger partial charge >= 0.3 is 0 Å². The number of benzene rings is 1. The summed E-state index contributed by atoms with van der Waals surface area (Å²) in [4.78, 5) is 46.1. The average Bonchev–Trinajstić information content (AvgIpc) is 3.71. The number of anilines is 3. The number of piperidine rings is 1. The van der Waals surface area contributed by atoms with Gasteiger partial charge in [0.05, 0.1) is 50.6 Å². The number of hydrogen-bond acceptors (Lipinski definition) is 7. The van der Waals surface area contributed by atoms with Crippen molar-refractivity contribution in [3.63, 3.8) is 0 Å². The van der Waals surface area contributed by atoms with Gasteiger partial charge in [0.15, 0.2) is 5.82 Å². The van der Waals surface area contributed by atoms with E-state index in [0.29, 0.717) is 22.3 Å². The zero-order valence-corrected chi connectivity index (χ0v) is 31.3. The molecule has 4 aromatic rings. The van der Waals surface area contributed by atoms with Crippen molar-refractivity contribution in [2.24, 2.45) is 0 Å². The molecule has 0 radical (unpaired) electrons. The van der Waals surface area contributed by atoms with Crippen LogP contribution in [0.5, 0.6) is 0 Å². The minimum atomic E-state index is -2.74. The average molecular weight is 749 g/mol. The lowest BCUT2D eigenvalue weighted by Crippen LogP contribution is -2.64. The number of carbonyl (C=O) groups is 2. The smallest absolute Gasteiger partial charge is 0.261 e. The number of nitrogens with one attached hydrogen (secondary N) is 2. The summed E-state index contributed by atoms with van der Waals surface area (Å²) in [5, 5.41) is 5.25. The first kappa shape index (κ1) is 35.8. The summed E-state index contributed by atoms with van der Waals surface area (Å²) in [6, 6.07) is 6.01. The Morgan fingerprint density at radius 3 is 2.40 bits per heavy atom. The fourth-order valence-electron chi connectivity index (χ4n) is 8.42. The predicted molar refractivity (Wildman–Crippen MR) is 199 cm³/mol. The van der Waals surface area contributed by atoms with Crippen molar-refractivity contribution >= 4 is 51.6 Å². The van der Waals surface area contributed by atoms with Crippen molar-refractivity contribution in [3.05, 3.63) is 58.9 Å². The van der Waals surface area contributed by atoms with E-state index in [-0.39, 0.29) is 58.5 Å². The second kappa shape index (κ2) is 12.7. The number of pyridine rings is 2. The van der Waals surface area contributed by atoms with Gasteiger partial charge in [0.2, 0.25) is 5.91 Å². The largest absolute Gasteiger partial charge is 0.341 e. The first-order valence-corrected chi connectivity index (χ1v) is 18.8. The molecule has 8 rings (SSSR count). The van der Waals surface area contributed by atoms with Crippen LogP contribution in [0.4, 0.5) is 30.4 Å². The van der Waals surface area contributed by atoms with Gasteiger partial charge in [-0.15, -0.1) is 0 Å². The number of nitrogens with zero attached hydrogens (tertiary/aromatic N) is 6. The van der Waals surface area contributed by atoms with Crippen molar-refractivity contribution in [1.82, 2.24) is 29.7 Å². The SMILES string of the molecule is CC(C)n1cnc2cc(-c3cnc4c(c3)N(C3CC(C)(N5CCCCC5)C3)C(=O)C4(C)C)nc(Nc3cc(C(=O)NC4(C(F)F)CC4)c(Cl)cc3F)c21. The first-order chi connectivity index (χ1) is 25.1. The van der Waals surface area contributed by atoms with Crippen LogP contribution in [0.3, 0.4) is 0 Å². The van der Waals surface area contributed by atoms with E-state index in [4.69, 9.17) is 21.6 Å². The number of alkyl halides is 2. The van der Waals surface area contributed by atoms with Gasteiger partial charge in [-0.25, -0.2) is 23.1 Å². The van der Waals surface area contributed by atoms with Gasteiger partial charge in [-0.1, -0.05) is 18.0 Å². The van der Waals surface area contributed by atoms with Gasteiger partial charge < -0.3 is 20.1 Å². The maximum absolute atomic E-state index is 15.6. The van der Waals surface area contributed by atoms with Crippen molar-refractivity contribution in [2.75, 3.05) is 23.3 Å². The lowest BCUT2D eigenvalue weighted by atomic mass is 9.71. The summed E-state index contributed by atoms with van der Waals surface area (Å²) in [5.74, 6) is -1.29. The predicted octanol–water partition coefficient (Wildman–Crippen LogP) is 8.17. The van der Waals surface area contributed by atoms with Crippen LogP contribution in [-0.2, 0) is 10.2 Å². The highest BCUT2D eigenvalue weighted by atomic mass is 35.5. The van der Waals surface area contributed by atoms with E-state index in [1.165, 1.54) is 25.3 Å². The Balaban J connectivity index is 1.16. The monoisotopic (exact) mass is 748 g/mol. The van der Waals surface area contributed by atoms with Gasteiger partial charge in [0.1, 0.15) is 16.9 Å². The molecule has 0 atom stereocenters. The molecule has 280 valence electrons. The van der Waals surface area contributed by atoms with Crippen molar-refractivity contribution in [1.29, 1.82) is 0 Å². The molecule has 53 heavy (non-hydrogen) atoms. The quantitative estimate of drug-likeness (QED) is 0.178. The molecule has 0 bridgehead atoms. The number of amides is 2. The lowest BCUT2D eigenvalue weighted by molar-refractivity contribution is -0.123. The normalized spacial score (nSPS) is 23.4. The third-order valence-corrected chi connectivity index (χ3v) is 12.1. The van der Waals surface area contributed by atoms with Gasteiger partial charge in [-0.05, 0) is 110 Å². The fraction of sp³-hybridized carbons (Fsp3) is 0.513. The molecule has 2 N–H and O–H groups in total. The maximum atomic E-state index is 15.6. The Hall–Kier alpha value is -4.23. The fourth-order valence-corrected chi connectivity index (χ4v) is 8.66. The molecule has 1 aromatic carbocycles. The molecule has 4 aliphatic rings. The third kappa shape index (κ3) is 5.94. The summed E-state index contributed by atoms with van der Waals surface area (Å²) in [5.41, 5.74) is 1.21. The van der Waals surface area contributed by atoms with E-state index >= 15 is 4.39 Å². The van der Waals surface area contributed by atoms with Crippen molar-refractivity contribution in [2.45, 2.75) is 115 Å². The molecular weight excluding hydrogens is 705 g/mol. The molecular formula is C39H44ClF3N8O2. The van der Waals surface area contributed by atoms with Gasteiger partial charge in [0, 0.05) is 29.4 Å². The first-order valence-electron chi connectivity index (χ1n) is 18.5. The zero-order chi connectivity index (χ0) is 37.6. The van der Waals surface area contributed by atoms with Crippen LogP contribution < -0.4 is 15.5 Å². The van der Waals surface area contributed by atoms with E-state index in [1.54, 1.807) is 12.5 Å². The Morgan fingerprint density at radius 1 is 1.02 bits per heavy atom. The highest BCUT2D eigenvalue weighted by Crippen LogP contribution is 2.50. The van der Waals surface area contributed by atoms with Crippen LogP contribution in [0.25, 0.3) is 22.3 Å². The summed E-state index contributed by atoms with van der Waals surface area (Å²) < 4.78 is 44.7. The second-order valence-corrected chi connectivity index (χ2v) is 16.7. The van der Waals surface area contributed by atoms with Crippen molar-refractivity contribution < 1.29 is 22.8 Å². The number of rotatable bonds is 9. The van der Waals surface area contributed by atoms with E-state index in [9.17, 15) is 18.4 Å². The van der Waals surface area contributed by atoms with E-state index < -0.39 is 29.1 Å². The van der Waals surface area contributed by atoms with E-state index in [1.807, 2.05) is 49.3 Å². The third-order valence-electron chi connectivity index (χ3n) is 11.8. The maximum Gasteiger partial charge on any atom is 0.261 e. The molecule has 0 spiro atoms. The zero-order valence-electron chi connectivity index (χ0n) is 30.6. The van der Waals surface area contributed by atoms with Crippen LogP contribution in [0.2, 0.25) is 5.02 Å². The lowest BCUT2D eigenvalue weighted by Gasteiger charge is -2.55. The minimum absolute atomic E-state index is 0.0310. The minimum Gasteiger partial charge on any atom is -0.341 e. The molecule has 2 amide bonds. The molecule has 0 unspecified atom stereocenters. The van der Waals surface area contributed by atoms with Crippen LogP contribution in [0.15, 0.2) is 36.8 Å². The highest BCUT2D eigenvalue weighted by molar-refractivity contribution is 6.34. The highest BCUT2D eigenvalue weighted by Gasteiger charge is 2.55. The second-order valence-electron chi connectivity index (χ2n) is 16.3. The Kier molecular flexibility index (Phi) is 8.56. The molecule has 10 nitrogen and oxygen atoms in total. The molecule has 5 heterocycles. The number of likely N-dealkylation sites (tertiary alicyclic amines) is 1. The molecule has 2 aliphatic heterocycles. The molecule has 3 aromatic heterocycles. The van der Waals surface area contributed by atoms with Crippen LogP contribution in [0.1, 0.15) is 102 Å². The Morgan fingerprint density at radius 2 is 1.74 bits per heavy atom. The molecule has 2 aliphatic carbocycles. The number of fused-ring (bicyclic) bond motifs is 2. The summed E-state index contributed by atoms with van der Waals surface area (Å²) in [6.45, 7) is 12.3. The number of hydrogen-bond donors (Lipinski definition) is 2. The van der Waals surface area contributed by atoms with E-state index in [2.05, 4.69) is 27.4 Å². The molecule has 3 fully saturated rings. The van der Waals surface area contributed by atoms with Gasteiger partial charge in [0.25, 0.3) is 12.3 Å². The van der Waals surface area contributed by atoms with Gasteiger partial charge in [-0.3, -0.25) is 19.5 Å². The summed E-state index contributed by atoms with van der Waals surface area (Å²) >= 11 is 6.28. The Bertz CT molecular complexity index is 2140. The molecule has 1 saturated heterocycles.